The van der Waals surface area contributed by atoms with Gasteiger partial charge in [0.05, 0.1) is 5.92 Å². The number of hydrogen-bond donors (Lipinski definition) is 1. The molecule has 1 amide bonds. The maximum Gasteiger partial charge on any atom is 0.228 e. The first kappa shape index (κ1) is 8.88. The molecule has 1 unspecified atom stereocenters. The first-order valence-corrected chi connectivity index (χ1v) is 3.00. The van der Waals surface area contributed by atoms with E-state index in [2.05, 4.69) is 6.58 Å². The third-order valence-electron chi connectivity index (χ3n) is 1.24. The number of carbonyl (C=O) groups is 2. The monoisotopic (exact) mass is 141 g/mol. The lowest BCUT2D eigenvalue weighted by atomic mass is 10.0. The molecule has 0 aromatic heterocycles. The Hall–Kier alpha value is -1.12. The number of nitrogens with two attached hydrogens (primary N) is 1. The van der Waals surface area contributed by atoms with Crippen LogP contribution < -0.4 is 5.73 Å². The third kappa shape index (κ3) is 2.44. The van der Waals surface area contributed by atoms with E-state index in [-0.39, 0.29) is 5.78 Å². The van der Waals surface area contributed by atoms with Crippen molar-refractivity contribution in [2.45, 2.75) is 13.3 Å². The van der Waals surface area contributed by atoms with Crippen LogP contribution in [0, 0.1) is 5.92 Å². The summed E-state index contributed by atoms with van der Waals surface area (Å²) in [6.07, 6.45) is 1.85. The van der Waals surface area contributed by atoms with Gasteiger partial charge in [-0.1, -0.05) is 6.08 Å². The van der Waals surface area contributed by atoms with Crippen LogP contribution in [0.5, 0.6) is 0 Å². The van der Waals surface area contributed by atoms with E-state index in [4.69, 9.17) is 5.73 Å². The molecule has 0 radical (unpaired) electrons. The second-order valence-corrected chi connectivity index (χ2v) is 2.09. The number of ketones is 1. The molecule has 0 aliphatic rings. The van der Waals surface area contributed by atoms with Crippen LogP contribution in [0.15, 0.2) is 12.7 Å². The van der Waals surface area contributed by atoms with Crippen molar-refractivity contribution in [1.82, 2.24) is 0 Å². The first-order valence-electron chi connectivity index (χ1n) is 3.00. The lowest BCUT2D eigenvalue weighted by Gasteiger charge is -2.04. The van der Waals surface area contributed by atoms with E-state index in [9.17, 15) is 9.59 Å². The zero-order valence-corrected chi connectivity index (χ0v) is 5.96. The van der Waals surface area contributed by atoms with Crippen molar-refractivity contribution < 1.29 is 9.59 Å². The first-order chi connectivity index (χ1) is 4.59. The van der Waals surface area contributed by atoms with Gasteiger partial charge in [-0.3, -0.25) is 9.59 Å². The van der Waals surface area contributed by atoms with Gasteiger partial charge in [0.2, 0.25) is 5.91 Å². The Morgan fingerprint density at radius 3 is 2.30 bits per heavy atom. The number of hydrogen-bond acceptors (Lipinski definition) is 2. The molecule has 3 heteroatoms. The van der Waals surface area contributed by atoms with Crippen LogP contribution in [0.25, 0.3) is 0 Å². The molecule has 0 fully saturated rings. The molecule has 0 rings (SSSR count). The van der Waals surface area contributed by atoms with Gasteiger partial charge in [0.15, 0.2) is 0 Å². The molecule has 0 spiro atoms. The smallest absolute Gasteiger partial charge is 0.228 e. The molecule has 56 valence electrons. The van der Waals surface area contributed by atoms with Crippen LogP contribution in [-0.2, 0) is 9.59 Å². The summed E-state index contributed by atoms with van der Waals surface area (Å²) in [6, 6.07) is 0. The minimum absolute atomic E-state index is 0.201. The normalized spacial score (nSPS) is 12.1. The topological polar surface area (TPSA) is 60.2 Å². The maximum absolute atomic E-state index is 10.6. The minimum atomic E-state index is -0.683. The number of Topliss-reactive ketones (excluding diaryl/α,β-unsaturated/α-hetero) is 1. The fraction of sp³-hybridized carbons (Fsp3) is 0.429. The molecule has 1 atom stereocenters. The zero-order chi connectivity index (χ0) is 8.15. The Balaban J connectivity index is 4.11. The predicted octanol–water partition coefficient (Wildman–Crippen LogP) is 0.253. The van der Waals surface area contributed by atoms with Gasteiger partial charge < -0.3 is 5.73 Å². The highest BCUT2D eigenvalue weighted by Gasteiger charge is 2.17. The van der Waals surface area contributed by atoms with E-state index in [0.717, 1.165) is 0 Å². The van der Waals surface area contributed by atoms with Crippen molar-refractivity contribution in [2.24, 2.45) is 11.7 Å². The maximum atomic E-state index is 10.6. The molecule has 0 aromatic rings. The Kier molecular flexibility index (Phi) is 3.39. The van der Waals surface area contributed by atoms with Crippen molar-refractivity contribution in [3.05, 3.63) is 12.7 Å². The molecule has 0 saturated carbocycles. The van der Waals surface area contributed by atoms with E-state index in [1.165, 1.54) is 13.0 Å². The van der Waals surface area contributed by atoms with Crippen molar-refractivity contribution in [2.75, 3.05) is 0 Å². The van der Waals surface area contributed by atoms with Gasteiger partial charge in [-0.25, -0.2) is 0 Å². The van der Waals surface area contributed by atoms with Crippen LogP contribution in [0.4, 0.5) is 0 Å². The molecule has 10 heavy (non-hydrogen) atoms. The molecule has 0 aliphatic heterocycles. The quantitative estimate of drug-likeness (QED) is 0.450. The van der Waals surface area contributed by atoms with Gasteiger partial charge >= 0.3 is 0 Å². The Labute approximate surface area is 59.9 Å². The minimum Gasteiger partial charge on any atom is -0.369 e. The summed E-state index contributed by atoms with van der Waals surface area (Å²) in [6.45, 7) is 4.75. The lowest BCUT2D eigenvalue weighted by Crippen LogP contribution is -2.28. The zero-order valence-electron chi connectivity index (χ0n) is 5.96. The van der Waals surface area contributed by atoms with Crippen LogP contribution in [0.1, 0.15) is 13.3 Å². The molecular weight excluding hydrogens is 130 g/mol. The van der Waals surface area contributed by atoms with Gasteiger partial charge in [0.1, 0.15) is 5.78 Å². The molecule has 2 N–H and O–H groups in total. The van der Waals surface area contributed by atoms with Gasteiger partial charge in [-0.05, 0) is 13.3 Å². The van der Waals surface area contributed by atoms with Gasteiger partial charge in [0.25, 0.3) is 0 Å². The fourth-order valence-corrected chi connectivity index (χ4v) is 0.649. The summed E-state index contributed by atoms with van der Waals surface area (Å²) >= 11 is 0. The highest BCUT2D eigenvalue weighted by atomic mass is 16.2. The summed E-state index contributed by atoms with van der Waals surface area (Å²) in [5.74, 6) is -1.46. The standard InChI is InChI=1S/C7H11NO2/c1-3-4-6(5(2)9)7(8)10/h3,6H,1,4H2,2H3,(H2,8,10). The SMILES string of the molecule is C=CCC(C(C)=O)C(N)=O. The van der Waals surface area contributed by atoms with Gasteiger partial charge in [-0.15, -0.1) is 6.58 Å². The average Bonchev–Trinajstić information content (AvgIpc) is 1.81. The Morgan fingerprint density at radius 2 is 2.20 bits per heavy atom. The number of carbonyl (C=O) groups excluding carboxylic acids is 2. The molecule has 0 bridgehead atoms. The van der Waals surface area contributed by atoms with Crippen molar-refractivity contribution in [3.8, 4) is 0 Å². The van der Waals surface area contributed by atoms with Gasteiger partial charge in [-0.2, -0.15) is 0 Å². The highest BCUT2D eigenvalue weighted by Crippen LogP contribution is 2.03. The molecule has 3 nitrogen and oxygen atoms in total. The summed E-state index contributed by atoms with van der Waals surface area (Å²) < 4.78 is 0. The van der Waals surface area contributed by atoms with Crippen LogP contribution in [0.2, 0.25) is 0 Å². The van der Waals surface area contributed by atoms with E-state index in [1.54, 1.807) is 0 Å². The summed E-state index contributed by atoms with van der Waals surface area (Å²) in [5.41, 5.74) is 4.92. The number of primary amides is 1. The second kappa shape index (κ2) is 3.82. The van der Waals surface area contributed by atoms with Crippen LogP contribution in [0.3, 0.4) is 0 Å². The van der Waals surface area contributed by atoms with Crippen molar-refractivity contribution in [3.63, 3.8) is 0 Å². The molecular formula is C7H11NO2. The number of allylic oxidation sites excluding steroid dienone is 1. The average molecular weight is 141 g/mol. The largest absolute Gasteiger partial charge is 0.369 e. The molecule has 0 aliphatic carbocycles. The van der Waals surface area contributed by atoms with Crippen LogP contribution in [-0.4, -0.2) is 11.7 Å². The van der Waals surface area contributed by atoms with E-state index in [0.29, 0.717) is 6.42 Å². The predicted molar refractivity (Wildman–Crippen MR) is 38.2 cm³/mol. The van der Waals surface area contributed by atoms with Crippen molar-refractivity contribution >= 4 is 11.7 Å². The molecule has 0 saturated heterocycles. The summed E-state index contributed by atoms with van der Waals surface area (Å²) in [4.78, 5) is 21.1. The Bertz CT molecular complexity index is 149. The highest BCUT2D eigenvalue weighted by molar-refractivity contribution is 5.99. The summed E-state index contributed by atoms with van der Waals surface area (Å²) in [7, 11) is 0. The number of rotatable bonds is 4. The van der Waals surface area contributed by atoms with Gasteiger partial charge in [0, 0.05) is 0 Å². The molecule has 0 aromatic carbocycles. The molecule has 0 heterocycles. The third-order valence-corrected chi connectivity index (χ3v) is 1.24. The lowest BCUT2D eigenvalue weighted by molar-refractivity contribution is -0.130. The van der Waals surface area contributed by atoms with Crippen LogP contribution >= 0.6 is 0 Å². The fourth-order valence-electron chi connectivity index (χ4n) is 0.649. The second-order valence-electron chi connectivity index (χ2n) is 2.09. The number of amides is 1. The van der Waals surface area contributed by atoms with E-state index < -0.39 is 11.8 Å². The van der Waals surface area contributed by atoms with E-state index >= 15 is 0 Å². The summed E-state index contributed by atoms with van der Waals surface area (Å²) in [5, 5.41) is 0. The van der Waals surface area contributed by atoms with Crippen molar-refractivity contribution in [1.29, 1.82) is 0 Å². The van der Waals surface area contributed by atoms with E-state index in [1.807, 2.05) is 0 Å². The Morgan fingerprint density at radius 1 is 1.70 bits per heavy atom.